The molecule has 0 unspecified atom stereocenters. The van der Waals surface area contributed by atoms with Crippen molar-refractivity contribution in [2.24, 2.45) is 4.99 Å². The van der Waals surface area contributed by atoms with Crippen LogP contribution in [0.4, 0.5) is 4.39 Å². The SMILES string of the molecule is CCOC(=O)C1=C(C)N=c2s/c(=C/c3cc(I)c(OCc4cccc(F)c4)c(OCC)c3)c(=O)n2[C@H]1c1ccc(C)cc1. The normalized spacial score (nSPS) is 14.7. The minimum Gasteiger partial charge on any atom is -0.490 e. The van der Waals surface area contributed by atoms with E-state index in [1.807, 2.05) is 50.2 Å². The summed E-state index contributed by atoms with van der Waals surface area (Å²) in [6.45, 7) is 8.17. The summed E-state index contributed by atoms with van der Waals surface area (Å²) in [4.78, 5) is 32.2. The number of fused-ring (bicyclic) bond motifs is 1. The molecule has 4 aromatic rings. The molecule has 0 aliphatic carbocycles. The number of hydrogen-bond donors (Lipinski definition) is 0. The lowest BCUT2D eigenvalue weighted by Gasteiger charge is -2.24. The molecule has 1 atom stereocenters. The van der Waals surface area contributed by atoms with E-state index in [4.69, 9.17) is 14.2 Å². The largest absolute Gasteiger partial charge is 0.490 e. The molecule has 0 saturated carbocycles. The van der Waals surface area contributed by atoms with Gasteiger partial charge in [-0.2, -0.15) is 0 Å². The van der Waals surface area contributed by atoms with E-state index in [1.54, 1.807) is 36.6 Å². The molecule has 0 N–H and O–H groups in total. The van der Waals surface area contributed by atoms with Crippen LogP contribution in [0.1, 0.15) is 49.1 Å². The van der Waals surface area contributed by atoms with E-state index in [2.05, 4.69) is 27.6 Å². The highest BCUT2D eigenvalue weighted by atomic mass is 127. The van der Waals surface area contributed by atoms with Crippen LogP contribution in [-0.4, -0.2) is 23.8 Å². The number of allylic oxidation sites excluding steroid dienone is 1. The average Bonchev–Trinajstić information content (AvgIpc) is 3.26. The molecule has 222 valence electrons. The van der Waals surface area contributed by atoms with Gasteiger partial charge < -0.3 is 14.2 Å². The first kappa shape index (κ1) is 30.7. The molecule has 1 aliphatic rings. The number of esters is 1. The minimum absolute atomic E-state index is 0.174. The van der Waals surface area contributed by atoms with Crippen molar-refractivity contribution in [3.63, 3.8) is 0 Å². The quantitative estimate of drug-likeness (QED) is 0.161. The number of rotatable bonds is 9. The molecule has 1 aliphatic heterocycles. The summed E-state index contributed by atoms with van der Waals surface area (Å²) in [5.74, 6) is 0.238. The summed E-state index contributed by atoms with van der Waals surface area (Å²) in [5.41, 5.74) is 3.90. The molecule has 0 radical (unpaired) electrons. The van der Waals surface area contributed by atoms with E-state index in [1.165, 1.54) is 23.5 Å². The lowest BCUT2D eigenvalue weighted by Crippen LogP contribution is -2.39. The van der Waals surface area contributed by atoms with E-state index in [0.717, 1.165) is 20.3 Å². The summed E-state index contributed by atoms with van der Waals surface area (Å²) < 4.78 is 33.8. The third kappa shape index (κ3) is 6.59. The Balaban J connectivity index is 1.58. The molecule has 5 rings (SSSR count). The molecule has 0 saturated heterocycles. The highest BCUT2D eigenvalue weighted by Crippen LogP contribution is 2.35. The first-order valence-corrected chi connectivity index (χ1v) is 15.7. The minimum atomic E-state index is -0.671. The van der Waals surface area contributed by atoms with Gasteiger partial charge in [-0.15, -0.1) is 0 Å². The summed E-state index contributed by atoms with van der Waals surface area (Å²) in [7, 11) is 0. The number of carbonyl (C=O) groups excluding carboxylic acids is 1. The molecule has 0 spiro atoms. The second-order valence-corrected chi connectivity index (χ2v) is 12.1. The number of thiazole rings is 1. The molecule has 3 aromatic carbocycles. The molecule has 1 aromatic heterocycles. The van der Waals surface area contributed by atoms with Crippen molar-refractivity contribution in [2.45, 2.75) is 40.3 Å². The lowest BCUT2D eigenvalue weighted by atomic mass is 9.95. The third-order valence-electron chi connectivity index (χ3n) is 6.81. The van der Waals surface area contributed by atoms with Gasteiger partial charge in [-0.3, -0.25) is 9.36 Å². The van der Waals surface area contributed by atoms with Crippen molar-refractivity contribution in [3.05, 3.63) is 123 Å². The fourth-order valence-electron chi connectivity index (χ4n) is 4.86. The van der Waals surface area contributed by atoms with Crippen molar-refractivity contribution < 1.29 is 23.4 Å². The number of aryl methyl sites for hydroxylation is 1. The van der Waals surface area contributed by atoms with Gasteiger partial charge in [0.25, 0.3) is 5.56 Å². The van der Waals surface area contributed by atoms with Gasteiger partial charge in [0.05, 0.1) is 38.6 Å². The zero-order valence-corrected chi connectivity index (χ0v) is 27.1. The van der Waals surface area contributed by atoms with Gasteiger partial charge in [-0.05, 0) is 97.3 Å². The number of carbonyl (C=O) groups is 1. The second kappa shape index (κ2) is 13.3. The van der Waals surface area contributed by atoms with E-state index >= 15 is 0 Å². The van der Waals surface area contributed by atoms with Crippen LogP contribution in [0.15, 0.2) is 81.7 Å². The Bertz CT molecular complexity index is 1900. The highest BCUT2D eigenvalue weighted by molar-refractivity contribution is 14.1. The Kier molecular flexibility index (Phi) is 9.46. The predicted octanol–water partition coefficient (Wildman–Crippen LogP) is 5.83. The van der Waals surface area contributed by atoms with Crippen molar-refractivity contribution in [1.29, 1.82) is 0 Å². The molecule has 0 fully saturated rings. The first-order chi connectivity index (χ1) is 20.7. The van der Waals surface area contributed by atoms with Crippen LogP contribution in [0.25, 0.3) is 6.08 Å². The van der Waals surface area contributed by atoms with Gasteiger partial charge in [-0.1, -0.05) is 53.3 Å². The summed E-state index contributed by atoms with van der Waals surface area (Å²) in [6, 6.07) is 17.1. The van der Waals surface area contributed by atoms with Crippen LogP contribution in [0.2, 0.25) is 0 Å². The van der Waals surface area contributed by atoms with Crippen molar-refractivity contribution in [3.8, 4) is 11.5 Å². The van der Waals surface area contributed by atoms with Crippen LogP contribution in [0.5, 0.6) is 11.5 Å². The molecule has 43 heavy (non-hydrogen) atoms. The van der Waals surface area contributed by atoms with Crippen LogP contribution < -0.4 is 24.4 Å². The number of aromatic nitrogens is 1. The van der Waals surface area contributed by atoms with Crippen LogP contribution in [-0.2, 0) is 16.1 Å². The van der Waals surface area contributed by atoms with E-state index in [0.29, 0.717) is 44.3 Å². The lowest BCUT2D eigenvalue weighted by molar-refractivity contribution is -0.139. The van der Waals surface area contributed by atoms with Gasteiger partial charge in [0, 0.05) is 0 Å². The van der Waals surface area contributed by atoms with Gasteiger partial charge in [0.2, 0.25) is 0 Å². The predicted molar refractivity (Wildman–Crippen MR) is 173 cm³/mol. The molecule has 10 heteroatoms. The number of ether oxygens (including phenoxy) is 3. The van der Waals surface area contributed by atoms with Crippen LogP contribution >= 0.6 is 33.9 Å². The maximum atomic E-state index is 14.0. The maximum Gasteiger partial charge on any atom is 0.338 e. The zero-order chi connectivity index (χ0) is 30.7. The Morgan fingerprint density at radius 2 is 1.84 bits per heavy atom. The van der Waals surface area contributed by atoms with E-state index < -0.39 is 12.0 Å². The fourth-order valence-corrected chi connectivity index (χ4v) is 6.69. The summed E-state index contributed by atoms with van der Waals surface area (Å²) in [5, 5.41) is 0. The Morgan fingerprint density at radius 1 is 1.07 bits per heavy atom. The standard InChI is InChI=1S/C33H30FIN2O5S/c1-5-40-26-16-22(15-25(35)30(26)42-18-21-8-7-9-24(34)14-21)17-27-31(38)37-29(23-12-10-19(3)11-13-23)28(32(39)41-6-2)20(4)36-33(37)43-27/h7-17,29H,5-6,18H2,1-4H3/b27-17+/t29-/m0/s1. The number of benzene rings is 3. The molecular formula is C33H30FIN2O5S. The van der Waals surface area contributed by atoms with Gasteiger partial charge in [-0.25, -0.2) is 14.2 Å². The monoisotopic (exact) mass is 712 g/mol. The maximum absolute atomic E-state index is 14.0. The molecule has 2 heterocycles. The number of hydrogen-bond acceptors (Lipinski definition) is 7. The zero-order valence-electron chi connectivity index (χ0n) is 24.1. The third-order valence-corrected chi connectivity index (χ3v) is 8.60. The van der Waals surface area contributed by atoms with Gasteiger partial charge in [0.15, 0.2) is 16.3 Å². The smallest absolute Gasteiger partial charge is 0.338 e. The van der Waals surface area contributed by atoms with Crippen molar-refractivity contribution in [2.75, 3.05) is 13.2 Å². The number of nitrogens with zero attached hydrogens (tertiary/aromatic N) is 2. The molecule has 7 nitrogen and oxygen atoms in total. The van der Waals surface area contributed by atoms with Crippen molar-refractivity contribution >= 4 is 46.0 Å². The Morgan fingerprint density at radius 3 is 2.53 bits per heavy atom. The van der Waals surface area contributed by atoms with E-state index in [-0.39, 0.29) is 24.6 Å². The summed E-state index contributed by atoms with van der Waals surface area (Å²) in [6.07, 6.45) is 1.79. The fraction of sp³-hybridized carbons (Fsp3) is 0.242. The summed E-state index contributed by atoms with van der Waals surface area (Å²) >= 11 is 3.43. The highest BCUT2D eigenvalue weighted by Gasteiger charge is 2.33. The van der Waals surface area contributed by atoms with Gasteiger partial charge in [0.1, 0.15) is 12.4 Å². The Labute approximate surface area is 266 Å². The molecule has 0 amide bonds. The van der Waals surface area contributed by atoms with E-state index in [9.17, 15) is 14.0 Å². The number of halogens is 2. The van der Waals surface area contributed by atoms with Crippen LogP contribution in [0.3, 0.4) is 0 Å². The molecule has 0 bridgehead atoms. The van der Waals surface area contributed by atoms with Gasteiger partial charge >= 0.3 is 5.97 Å². The first-order valence-electron chi connectivity index (χ1n) is 13.8. The average molecular weight is 713 g/mol. The topological polar surface area (TPSA) is 79.1 Å². The van der Waals surface area contributed by atoms with Crippen LogP contribution in [0, 0.1) is 16.3 Å². The second-order valence-electron chi connectivity index (χ2n) is 9.89. The van der Waals surface area contributed by atoms with Crippen molar-refractivity contribution in [1.82, 2.24) is 4.57 Å². The Hall–Kier alpha value is -3.77. The molecular weight excluding hydrogens is 682 g/mol.